The second kappa shape index (κ2) is 6.83. The van der Waals surface area contributed by atoms with Crippen LogP contribution in [-0.4, -0.2) is 36.5 Å². The van der Waals surface area contributed by atoms with Crippen molar-refractivity contribution in [1.29, 1.82) is 0 Å². The van der Waals surface area contributed by atoms with E-state index in [9.17, 15) is 4.79 Å². The number of nitrogens with one attached hydrogen (secondary N) is 1. The molecule has 1 aliphatic heterocycles. The molecule has 0 radical (unpaired) electrons. The van der Waals surface area contributed by atoms with Crippen LogP contribution in [0.15, 0.2) is 0 Å². The van der Waals surface area contributed by atoms with Gasteiger partial charge in [-0.25, -0.2) is 0 Å². The molecule has 1 fully saturated rings. The van der Waals surface area contributed by atoms with E-state index < -0.39 is 0 Å². The molecule has 1 saturated heterocycles. The minimum absolute atomic E-state index is 0.347. The Bertz CT molecular complexity index is 188. The molecule has 1 rings (SSSR count). The predicted octanol–water partition coefficient (Wildman–Crippen LogP) is 1.78. The van der Waals surface area contributed by atoms with Crippen molar-refractivity contribution >= 4 is 5.91 Å². The van der Waals surface area contributed by atoms with Crippen molar-refractivity contribution < 1.29 is 4.79 Å². The first-order valence-corrected chi connectivity index (χ1v) is 6.29. The monoisotopic (exact) mass is 212 g/mol. The van der Waals surface area contributed by atoms with Crippen molar-refractivity contribution in [2.75, 3.05) is 19.6 Å². The van der Waals surface area contributed by atoms with Crippen molar-refractivity contribution in [3.8, 4) is 0 Å². The van der Waals surface area contributed by atoms with Gasteiger partial charge in [0, 0.05) is 25.6 Å². The number of carbonyl (C=O) groups excluding carboxylic acids is 1. The lowest BCUT2D eigenvalue weighted by Crippen LogP contribution is -2.45. The Kier molecular flexibility index (Phi) is 5.69. The number of amides is 1. The Hall–Kier alpha value is -0.570. The van der Waals surface area contributed by atoms with Crippen LogP contribution in [0, 0.1) is 0 Å². The van der Waals surface area contributed by atoms with Crippen LogP contribution in [0.4, 0.5) is 0 Å². The SMILES string of the molecule is CCCC(CN1CCCCC1=O)NCC. The van der Waals surface area contributed by atoms with Crippen molar-refractivity contribution in [3.05, 3.63) is 0 Å². The summed E-state index contributed by atoms with van der Waals surface area (Å²) in [6, 6.07) is 0.488. The molecule has 0 saturated carbocycles. The molecule has 88 valence electrons. The molecule has 1 heterocycles. The molecular weight excluding hydrogens is 188 g/mol. The first-order valence-electron chi connectivity index (χ1n) is 6.29. The summed E-state index contributed by atoms with van der Waals surface area (Å²) < 4.78 is 0. The third kappa shape index (κ3) is 4.20. The standard InChI is InChI=1S/C12H24N2O/c1-3-7-11(13-4-2)10-14-9-6-5-8-12(14)15/h11,13H,3-10H2,1-2H3. The van der Waals surface area contributed by atoms with Crippen molar-refractivity contribution in [1.82, 2.24) is 10.2 Å². The maximum atomic E-state index is 11.6. The fourth-order valence-corrected chi connectivity index (χ4v) is 2.22. The van der Waals surface area contributed by atoms with Crippen LogP contribution in [0.1, 0.15) is 46.0 Å². The minimum atomic E-state index is 0.347. The Morgan fingerprint density at radius 2 is 2.20 bits per heavy atom. The summed E-state index contributed by atoms with van der Waals surface area (Å²) in [5.74, 6) is 0.347. The van der Waals surface area contributed by atoms with Gasteiger partial charge < -0.3 is 10.2 Å². The summed E-state index contributed by atoms with van der Waals surface area (Å²) in [4.78, 5) is 13.7. The summed E-state index contributed by atoms with van der Waals surface area (Å²) in [6.45, 7) is 7.18. The molecule has 0 spiro atoms. The highest BCUT2D eigenvalue weighted by molar-refractivity contribution is 5.76. The van der Waals surface area contributed by atoms with Crippen LogP contribution in [0.2, 0.25) is 0 Å². The summed E-state index contributed by atoms with van der Waals surface area (Å²) in [6.07, 6.45) is 5.36. The molecule has 0 aliphatic carbocycles. The highest BCUT2D eigenvalue weighted by Crippen LogP contribution is 2.11. The van der Waals surface area contributed by atoms with Gasteiger partial charge in [-0.15, -0.1) is 0 Å². The van der Waals surface area contributed by atoms with Gasteiger partial charge in [0.15, 0.2) is 0 Å². The van der Waals surface area contributed by atoms with Gasteiger partial charge in [0.2, 0.25) is 5.91 Å². The molecule has 0 bridgehead atoms. The Morgan fingerprint density at radius 1 is 1.40 bits per heavy atom. The van der Waals surface area contributed by atoms with Gasteiger partial charge in [0.25, 0.3) is 0 Å². The van der Waals surface area contributed by atoms with Crippen molar-refractivity contribution in [3.63, 3.8) is 0 Å². The molecule has 15 heavy (non-hydrogen) atoms. The quantitative estimate of drug-likeness (QED) is 0.728. The normalized spacial score (nSPS) is 19.3. The van der Waals surface area contributed by atoms with E-state index >= 15 is 0 Å². The number of piperidine rings is 1. The van der Waals surface area contributed by atoms with E-state index in [1.807, 2.05) is 4.90 Å². The van der Waals surface area contributed by atoms with Crippen LogP contribution >= 0.6 is 0 Å². The van der Waals surface area contributed by atoms with Gasteiger partial charge in [-0.1, -0.05) is 20.3 Å². The molecule has 1 unspecified atom stereocenters. The van der Waals surface area contributed by atoms with E-state index in [1.165, 1.54) is 12.8 Å². The van der Waals surface area contributed by atoms with Gasteiger partial charge in [0.1, 0.15) is 0 Å². The molecule has 1 aliphatic rings. The van der Waals surface area contributed by atoms with E-state index in [-0.39, 0.29) is 0 Å². The number of rotatable bonds is 6. The molecule has 1 amide bonds. The lowest BCUT2D eigenvalue weighted by molar-refractivity contribution is -0.133. The topological polar surface area (TPSA) is 32.3 Å². The largest absolute Gasteiger partial charge is 0.341 e. The first-order chi connectivity index (χ1) is 7.27. The molecule has 1 N–H and O–H groups in total. The molecule has 3 heteroatoms. The van der Waals surface area contributed by atoms with Gasteiger partial charge >= 0.3 is 0 Å². The number of carbonyl (C=O) groups is 1. The summed E-state index contributed by atoms with van der Waals surface area (Å²) >= 11 is 0. The van der Waals surface area contributed by atoms with E-state index in [1.54, 1.807) is 0 Å². The maximum Gasteiger partial charge on any atom is 0.222 e. The van der Waals surface area contributed by atoms with Gasteiger partial charge in [-0.05, 0) is 25.8 Å². The van der Waals surface area contributed by atoms with Crippen molar-refractivity contribution in [2.24, 2.45) is 0 Å². The van der Waals surface area contributed by atoms with Crippen LogP contribution < -0.4 is 5.32 Å². The number of likely N-dealkylation sites (N-methyl/N-ethyl adjacent to an activating group) is 1. The maximum absolute atomic E-state index is 11.6. The minimum Gasteiger partial charge on any atom is -0.341 e. The average molecular weight is 212 g/mol. The molecule has 0 aromatic carbocycles. The number of likely N-dealkylation sites (tertiary alicyclic amines) is 1. The van der Waals surface area contributed by atoms with Crippen LogP contribution in [-0.2, 0) is 4.79 Å². The zero-order chi connectivity index (χ0) is 11.1. The van der Waals surface area contributed by atoms with Gasteiger partial charge in [-0.3, -0.25) is 4.79 Å². The fourth-order valence-electron chi connectivity index (χ4n) is 2.22. The summed E-state index contributed by atoms with van der Waals surface area (Å²) in [5.41, 5.74) is 0. The van der Waals surface area contributed by atoms with Crippen molar-refractivity contribution in [2.45, 2.75) is 52.0 Å². The number of nitrogens with zero attached hydrogens (tertiary/aromatic N) is 1. The number of hydrogen-bond donors (Lipinski definition) is 1. The lowest BCUT2D eigenvalue weighted by atomic mass is 10.1. The van der Waals surface area contributed by atoms with Gasteiger partial charge in [-0.2, -0.15) is 0 Å². The molecule has 0 aromatic rings. The van der Waals surface area contributed by atoms with Crippen LogP contribution in [0.25, 0.3) is 0 Å². The van der Waals surface area contributed by atoms with Crippen LogP contribution in [0.3, 0.4) is 0 Å². The van der Waals surface area contributed by atoms with E-state index in [0.717, 1.165) is 38.9 Å². The first kappa shape index (κ1) is 12.5. The predicted molar refractivity (Wildman–Crippen MR) is 62.8 cm³/mol. The second-order valence-electron chi connectivity index (χ2n) is 4.34. The fraction of sp³-hybridized carbons (Fsp3) is 0.917. The zero-order valence-corrected chi connectivity index (χ0v) is 10.1. The van der Waals surface area contributed by atoms with Gasteiger partial charge in [0.05, 0.1) is 0 Å². The summed E-state index contributed by atoms with van der Waals surface area (Å²) in [5, 5.41) is 3.46. The molecule has 1 atom stereocenters. The Balaban J connectivity index is 2.37. The average Bonchev–Trinajstić information content (AvgIpc) is 2.22. The smallest absolute Gasteiger partial charge is 0.222 e. The Labute approximate surface area is 93.2 Å². The lowest BCUT2D eigenvalue weighted by Gasteiger charge is -2.31. The third-order valence-corrected chi connectivity index (χ3v) is 2.99. The highest BCUT2D eigenvalue weighted by Gasteiger charge is 2.20. The van der Waals surface area contributed by atoms with E-state index in [2.05, 4.69) is 19.2 Å². The second-order valence-corrected chi connectivity index (χ2v) is 4.34. The summed E-state index contributed by atoms with van der Waals surface area (Å²) in [7, 11) is 0. The molecule has 3 nitrogen and oxygen atoms in total. The highest BCUT2D eigenvalue weighted by atomic mass is 16.2. The number of hydrogen-bond acceptors (Lipinski definition) is 2. The molecular formula is C12H24N2O. The molecule has 0 aromatic heterocycles. The van der Waals surface area contributed by atoms with E-state index in [0.29, 0.717) is 11.9 Å². The van der Waals surface area contributed by atoms with E-state index in [4.69, 9.17) is 0 Å². The third-order valence-electron chi connectivity index (χ3n) is 2.99. The Morgan fingerprint density at radius 3 is 2.80 bits per heavy atom. The zero-order valence-electron chi connectivity index (χ0n) is 10.1. The van der Waals surface area contributed by atoms with Crippen LogP contribution in [0.5, 0.6) is 0 Å².